The average molecular weight is 647 g/mol. The molecule has 0 aliphatic rings. The maximum absolute atomic E-state index is 14.5. The minimum Gasteiger partial charge on any atom is -0.494 e. The zero-order valence-corrected chi connectivity index (χ0v) is 28.9. The molecule has 0 aliphatic heterocycles. The van der Waals surface area contributed by atoms with Crippen LogP contribution in [0.3, 0.4) is 0 Å². The summed E-state index contributed by atoms with van der Waals surface area (Å²) in [6, 6.07) is 18.8. The molecule has 0 spiro atoms. The lowest BCUT2D eigenvalue weighted by Gasteiger charge is -2.13. The van der Waals surface area contributed by atoms with Crippen LogP contribution in [0.5, 0.6) is 11.5 Å². The summed E-state index contributed by atoms with van der Waals surface area (Å²) in [6.07, 6.45) is 19.5. The van der Waals surface area contributed by atoms with Gasteiger partial charge in [-0.15, -0.1) is 0 Å². The second-order valence-corrected chi connectivity index (χ2v) is 12.7. The number of halogens is 1. The predicted molar refractivity (Wildman–Crippen MR) is 189 cm³/mol. The standard InChI is InChI=1S/C41H55FO5/c1-4-6-7-8-9-10-11-12-13-14-15-16-17-18-30-45-36-28-26-34(27-29-36)33-22-24-35(25-23-33)40(43)47-38-21-19-20-37(42)39(38)41(44)46-31-32(3)5-2/h19-29,32H,4-18,30-31H2,1-3H3. The first-order valence-electron chi connectivity index (χ1n) is 17.9. The summed E-state index contributed by atoms with van der Waals surface area (Å²) in [5, 5.41) is 0. The molecule has 3 aromatic rings. The first-order chi connectivity index (χ1) is 22.9. The summed E-state index contributed by atoms with van der Waals surface area (Å²) in [5.41, 5.74) is 1.82. The number of benzene rings is 3. The van der Waals surface area contributed by atoms with E-state index in [1.54, 1.807) is 12.1 Å². The lowest BCUT2D eigenvalue weighted by atomic mass is 10.0. The van der Waals surface area contributed by atoms with Gasteiger partial charge in [0.1, 0.15) is 22.9 Å². The number of ether oxygens (including phenoxy) is 3. The Hall–Kier alpha value is -3.67. The molecule has 5 nitrogen and oxygen atoms in total. The monoisotopic (exact) mass is 646 g/mol. The highest BCUT2D eigenvalue weighted by atomic mass is 19.1. The largest absolute Gasteiger partial charge is 0.494 e. The Kier molecular flexibility index (Phi) is 17.7. The minimum absolute atomic E-state index is 0.137. The van der Waals surface area contributed by atoms with Crippen molar-refractivity contribution < 1.29 is 28.2 Å². The Morgan fingerprint density at radius 3 is 1.74 bits per heavy atom. The second kappa shape index (κ2) is 22.0. The van der Waals surface area contributed by atoms with E-state index in [0.717, 1.165) is 42.4 Å². The molecule has 0 aliphatic carbocycles. The fraction of sp³-hybridized carbons (Fsp3) is 0.512. The smallest absolute Gasteiger partial charge is 0.344 e. The van der Waals surface area contributed by atoms with Gasteiger partial charge in [0.2, 0.25) is 0 Å². The highest BCUT2D eigenvalue weighted by Gasteiger charge is 2.22. The van der Waals surface area contributed by atoms with Gasteiger partial charge in [0.05, 0.1) is 18.8 Å². The van der Waals surface area contributed by atoms with Crippen molar-refractivity contribution in [1.82, 2.24) is 0 Å². The highest BCUT2D eigenvalue weighted by molar-refractivity contribution is 5.96. The molecule has 0 N–H and O–H groups in total. The van der Waals surface area contributed by atoms with Gasteiger partial charge in [-0.1, -0.05) is 141 Å². The van der Waals surface area contributed by atoms with Gasteiger partial charge in [0.15, 0.2) is 0 Å². The van der Waals surface area contributed by atoms with E-state index in [2.05, 4.69) is 6.92 Å². The van der Waals surface area contributed by atoms with Crippen LogP contribution in [0.4, 0.5) is 4.39 Å². The van der Waals surface area contributed by atoms with Gasteiger partial charge < -0.3 is 14.2 Å². The van der Waals surface area contributed by atoms with Gasteiger partial charge in [-0.3, -0.25) is 0 Å². The second-order valence-electron chi connectivity index (χ2n) is 12.7. The average Bonchev–Trinajstić information content (AvgIpc) is 3.09. The SMILES string of the molecule is CCCCCCCCCCCCCCCCOc1ccc(-c2ccc(C(=O)Oc3cccc(F)c3C(=O)OCC(C)CC)cc2)cc1. The number of unbranched alkanes of at least 4 members (excludes halogenated alkanes) is 13. The third-order valence-corrected chi connectivity index (χ3v) is 8.65. The number of rotatable bonds is 23. The van der Waals surface area contributed by atoms with Crippen LogP contribution >= 0.6 is 0 Å². The summed E-state index contributed by atoms with van der Waals surface area (Å²) in [4.78, 5) is 25.4. The van der Waals surface area contributed by atoms with E-state index >= 15 is 0 Å². The Balaban J connectivity index is 1.36. The summed E-state index contributed by atoms with van der Waals surface area (Å²) >= 11 is 0. The van der Waals surface area contributed by atoms with Crippen LogP contribution in [0, 0.1) is 11.7 Å². The third kappa shape index (κ3) is 13.9. The molecule has 0 aromatic heterocycles. The van der Waals surface area contributed by atoms with Crippen molar-refractivity contribution in [2.24, 2.45) is 5.92 Å². The number of esters is 2. The summed E-state index contributed by atoms with van der Waals surface area (Å²) < 4.78 is 31.2. The summed E-state index contributed by atoms with van der Waals surface area (Å²) in [7, 11) is 0. The Labute approximate surface area is 282 Å². The molecule has 1 unspecified atom stereocenters. The van der Waals surface area contributed by atoms with Crippen molar-refractivity contribution in [2.75, 3.05) is 13.2 Å². The van der Waals surface area contributed by atoms with Crippen molar-refractivity contribution in [1.29, 1.82) is 0 Å². The maximum Gasteiger partial charge on any atom is 0.344 e. The van der Waals surface area contributed by atoms with E-state index in [-0.39, 0.29) is 29.4 Å². The zero-order chi connectivity index (χ0) is 33.7. The lowest BCUT2D eigenvalue weighted by Crippen LogP contribution is -2.16. The van der Waals surface area contributed by atoms with E-state index in [1.165, 1.54) is 95.6 Å². The van der Waals surface area contributed by atoms with Crippen molar-refractivity contribution in [2.45, 2.75) is 117 Å². The van der Waals surface area contributed by atoms with E-state index in [9.17, 15) is 14.0 Å². The van der Waals surface area contributed by atoms with E-state index in [4.69, 9.17) is 14.2 Å². The van der Waals surface area contributed by atoms with Crippen LogP contribution in [0.25, 0.3) is 11.1 Å². The molecular formula is C41H55FO5. The molecule has 6 heteroatoms. The molecule has 3 rings (SSSR count). The molecule has 0 bridgehead atoms. The van der Waals surface area contributed by atoms with Gasteiger partial charge in [-0.25, -0.2) is 14.0 Å². The van der Waals surface area contributed by atoms with Crippen LogP contribution in [0.2, 0.25) is 0 Å². The van der Waals surface area contributed by atoms with Crippen LogP contribution < -0.4 is 9.47 Å². The van der Waals surface area contributed by atoms with Crippen LogP contribution in [0.15, 0.2) is 66.7 Å². The summed E-state index contributed by atoms with van der Waals surface area (Å²) in [5.74, 6) is -1.53. The number of hydrogen-bond acceptors (Lipinski definition) is 5. The van der Waals surface area contributed by atoms with Gasteiger partial charge in [0.25, 0.3) is 0 Å². The molecule has 0 fully saturated rings. The molecule has 3 aromatic carbocycles. The van der Waals surface area contributed by atoms with Crippen molar-refractivity contribution in [3.63, 3.8) is 0 Å². The number of hydrogen-bond donors (Lipinski definition) is 0. The fourth-order valence-corrected chi connectivity index (χ4v) is 5.38. The molecule has 0 heterocycles. The first kappa shape index (κ1) is 37.8. The van der Waals surface area contributed by atoms with Gasteiger partial charge in [0, 0.05) is 0 Å². The quantitative estimate of drug-likeness (QED) is 0.0583. The van der Waals surface area contributed by atoms with Gasteiger partial charge in [-0.2, -0.15) is 0 Å². The van der Waals surface area contributed by atoms with Crippen LogP contribution in [-0.4, -0.2) is 25.2 Å². The summed E-state index contributed by atoms with van der Waals surface area (Å²) in [6.45, 7) is 7.06. The molecule has 0 radical (unpaired) electrons. The normalized spacial score (nSPS) is 11.7. The lowest BCUT2D eigenvalue weighted by molar-refractivity contribution is 0.0436. The molecule has 0 saturated carbocycles. The molecule has 0 saturated heterocycles. The van der Waals surface area contributed by atoms with E-state index in [1.807, 2.05) is 50.2 Å². The van der Waals surface area contributed by atoms with Crippen molar-refractivity contribution in [3.05, 3.63) is 83.7 Å². The number of carbonyl (C=O) groups excluding carboxylic acids is 2. The third-order valence-electron chi connectivity index (χ3n) is 8.65. The molecule has 1 atom stereocenters. The first-order valence-corrected chi connectivity index (χ1v) is 17.9. The Morgan fingerprint density at radius 2 is 1.19 bits per heavy atom. The Bertz CT molecular complexity index is 1320. The van der Waals surface area contributed by atoms with Gasteiger partial charge in [-0.05, 0) is 59.9 Å². The molecule has 0 amide bonds. The van der Waals surface area contributed by atoms with E-state index in [0.29, 0.717) is 0 Å². The topological polar surface area (TPSA) is 61.8 Å². The fourth-order valence-electron chi connectivity index (χ4n) is 5.38. The van der Waals surface area contributed by atoms with Crippen molar-refractivity contribution >= 4 is 11.9 Å². The maximum atomic E-state index is 14.5. The minimum atomic E-state index is -0.853. The number of carbonyl (C=O) groups is 2. The van der Waals surface area contributed by atoms with Crippen LogP contribution in [0.1, 0.15) is 138 Å². The van der Waals surface area contributed by atoms with Crippen LogP contribution in [-0.2, 0) is 4.74 Å². The molecule has 47 heavy (non-hydrogen) atoms. The molecular weight excluding hydrogens is 591 g/mol. The predicted octanol–water partition coefficient (Wildman–Crippen LogP) is 11.8. The zero-order valence-electron chi connectivity index (χ0n) is 28.9. The van der Waals surface area contributed by atoms with E-state index < -0.39 is 17.8 Å². The molecule has 256 valence electrons. The van der Waals surface area contributed by atoms with Crippen molar-refractivity contribution in [3.8, 4) is 22.6 Å². The highest BCUT2D eigenvalue weighted by Crippen LogP contribution is 2.26. The Morgan fingerprint density at radius 1 is 0.660 bits per heavy atom. The van der Waals surface area contributed by atoms with Gasteiger partial charge >= 0.3 is 11.9 Å².